The van der Waals surface area contributed by atoms with Gasteiger partial charge >= 0.3 is 5.97 Å². The SMILES string of the molecule is CC(C)CCC[C@@H](C)C1CC[C@H]2C3CCC4C[C@@H](OC(=O)c5cc(N)cc(N)c5)CC[C@]4(C)[C@H]3CC[C@]12C. The Morgan fingerprint density at radius 3 is 2.29 bits per heavy atom. The largest absolute Gasteiger partial charge is 0.459 e. The van der Waals surface area contributed by atoms with E-state index >= 15 is 0 Å². The predicted molar refractivity (Wildman–Crippen MR) is 158 cm³/mol. The Balaban J connectivity index is 1.22. The molecule has 4 saturated carbocycles. The van der Waals surface area contributed by atoms with Crippen molar-refractivity contribution in [2.45, 2.75) is 118 Å². The first kappa shape index (κ1) is 27.8. The van der Waals surface area contributed by atoms with E-state index in [1.807, 2.05) is 0 Å². The van der Waals surface area contributed by atoms with E-state index in [1.54, 1.807) is 18.2 Å². The molecule has 4 fully saturated rings. The number of carbonyl (C=O) groups excluding carboxylic acids is 1. The lowest BCUT2D eigenvalue weighted by atomic mass is 9.44. The Morgan fingerprint density at radius 1 is 0.895 bits per heavy atom. The summed E-state index contributed by atoms with van der Waals surface area (Å²) in [6.45, 7) is 12.6. The van der Waals surface area contributed by atoms with Crippen LogP contribution in [0.2, 0.25) is 0 Å². The van der Waals surface area contributed by atoms with E-state index in [2.05, 4.69) is 34.6 Å². The van der Waals surface area contributed by atoms with Gasteiger partial charge in [-0.3, -0.25) is 0 Å². The molecule has 1 aromatic carbocycles. The highest BCUT2D eigenvalue weighted by atomic mass is 16.5. The number of hydrogen-bond acceptors (Lipinski definition) is 4. The van der Waals surface area contributed by atoms with Gasteiger partial charge in [-0.1, -0.05) is 53.9 Å². The number of fused-ring (bicyclic) bond motifs is 5. The zero-order valence-electron chi connectivity index (χ0n) is 24.8. The molecule has 212 valence electrons. The molecule has 4 nitrogen and oxygen atoms in total. The summed E-state index contributed by atoms with van der Waals surface area (Å²) in [4.78, 5) is 12.9. The van der Waals surface area contributed by atoms with Gasteiger partial charge in [0.2, 0.25) is 0 Å². The Labute approximate surface area is 232 Å². The summed E-state index contributed by atoms with van der Waals surface area (Å²) in [5.41, 5.74) is 14.3. The Morgan fingerprint density at radius 2 is 1.58 bits per heavy atom. The highest BCUT2D eigenvalue weighted by molar-refractivity contribution is 5.91. The van der Waals surface area contributed by atoms with Crippen molar-refractivity contribution in [3.05, 3.63) is 23.8 Å². The molecule has 4 aliphatic carbocycles. The minimum atomic E-state index is -0.278. The highest BCUT2D eigenvalue weighted by Crippen LogP contribution is 2.68. The molecule has 5 rings (SSSR count). The molecular weight excluding hydrogens is 468 g/mol. The number of nitrogen functional groups attached to an aromatic ring is 2. The van der Waals surface area contributed by atoms with Gasteiger partial charge in [0.1, 0.15) is 6.10 Å². The molecule has 4 N–H and O–H groups in total. The van der Waals surface area contributed by atoms with Crippen molar-refractivity contribution in [1.82, 2.24) is 0 Å². The molecule has 0 aliphatic heterocycles. The van der Waals surface area contributed by atoms with E-state index < -0.39 is 0 Å². The van der Waals surface area contributed by atoms with Crippen molar-refractivity contribution in [2.75, 3.05) is 11.5 Å². The third kappa shape index (κ3) is 5.10. The number of hydrogen-bond donors (Lipinski definition) is 2. The fourth-order valence-corrected chi connectivity index (χ4v) is 10.4. The van der Waals surface area contributed by atoms with Crippen molar-refractivity contribution in [3.63, 3.8) is 0 Å². The molecule has 1 aromatic rings. The standard InChI is InChI=1S/C34H54N2O2/c1-21(2)7-6-8-22(3)29-11-12-30-28-10-9-24-19-27(38-32(37)23-17-25(35)20-26(36)18-23)13-15-33(24,4)31(28)14-16-34(29,30)5/h17-18,20-22,24,27-31H,6-16,19,35-36H2,1-5H3/t22-,24?,27+,28?,29?,30+,31+,33+,34-/m1/s1. The van der Waals surface area contributed by atoms with Crippen LogP contribution in [0.25, 0.3) is 0 Å². The van der Waals surface area contributed by atoms with E-state index in [0.29, 0.717) is 33.7 Å². The first-order valence-electron chi connectivity index (χ1n) is 15.9. The monoisotopic (exact) mass is 522 g/mol. The Hall–Kier alpha value is -1.71. The van der Waals surface area contributed by atoms with Crippen LogP contribution in [-0.4, -0.2) is 12.1 Å². The number of carbonyl (C=O) groups is 1. The molecule has 0 saturated heterocycles. The van der Waals surface area contributed by atoms with Gasteiger partial charge in [0.15, 0.2) is 0 Å². The first-order chi connectivity index (χ1) is 18.0. The van der Waals surface area contributed by atoms with Gasteiger partial charge in [0.25, 0.3) is 0 Å². The molecule has 4 aliphatic rings. The van der Waals surface area contributed by atoms with Crippen LogP contribution in [0.3, 0.4) is 0 Å². The van der Waals surface area contributed by atoms with Gasteiger partial charge in [-0.05, 0) is 128 Å². The van der Waals surface area contributed by atoms with Crippen LogP contribution in [0.1, 0.15) is 122 Å². The average Bonchev–Trinajstić information content (AvgIpc) is 3.20. The maximum Gasteiger partial charge on any atom is 0.338 e. The number of esters is 1. The summed E-state index contributed by atoms with van der Waals surface area (Å²) in [5, 5.41) is 0. The van der Waals surface area contributed by atoms with E-state index in [-0.39, 0.29) is 12.1 Å². The lowest BCUT2D eigenvalue weighted by molar-refractivity contribution is -0.130. The molecule has 0 bridgehead atoms. The maximum absolute atomic E-state index is 12.9. The van der Waals surface area contributed by atoms with Crippen LogP contribution in [0.15, 0.2) is 18.2 Å². The minimum absolute atomic E-state index is 0.0104. The molecule has 3 unspecified atom stereocenters. The second-order valence-corrected chi connectivity index (χ2v) is 14.9. The molecule has 38 heavy (non-hydrogen) atoms. The zero-order chi connectivity index (χ0) is 27.2. The van der Waals surface area contributed by atoms with Crippen molar-refractivity contribution >= 4 is 17.3 Å². The average molecular weight is 523 g/mol. The molecule has 9 atom stereocenters. The summed E-state index contributed by atoms with van der Waals surface area (Å²) in [7, 11) is 0. The lowest BCUT2D eigenvalue weighted by Crippen LogP contribution is -2.54. The Kier molecular flexibility index (Phi) is 7.84. The maximum atomic E-state index is 12.9. The first-order valence-corrected chi connectivity index (χ1v) is 15.9. The van der Waals surface area contributed by atoms with Crippen LogP contribution < -0.4 is 11.5 Å². The van der Waals surface area contributed by atoms with Crippen LogP contribution in [0.4, 0.5) is 11.4 Å². The van der Waals surface area contributed by atoms with Crippen molar-refractivity contribution in [2.24, 2.45) is 52.3 Å². The van der Waals surface area contributed by atoms with E-state index in [1.165, 1.54) is 64.2 Å². The van der Waals surface area contributed by atoms with E-state index in [0.717, 1.165) is 48.3 Å². The van der Waals surface area contributed by atoms with Crippen LogP contribution in [-0.2, 0) is 4.74 Å². The molecule has 0 radical (unpaired) electrons. The third-order valence-corrected chi connectivity index (χ3v) is 12.3. The summed E-state index contributed by atoms with van der Waals surface area (Å²) in [6, 6.07) is 5.03. The van der Waals surface area contributed by atoms with E-state index in [4.69, 9.17) is 16.2 Å². The molecule has 0 heterocycles. The Bertz CT molecular complexity index is 986. The quantitative estimate of drug-likeness (QED) is 0.278. The lowest BCUT2D eigenvalue weighted by Gasteiger charge is -2.61. The summed E-state index contributed by atoms with van der Waals surface area (Å²) in [6.07, 6.45) is 15.8. The van der Waals surface area contributed by atoms with Gasteiger partial charge in [-0.2, -0.15) is 0 Å². The van der Waals surface area contributed by atoms with Gasteiger partial charge in [0, 0.05) is 11.4 Å². The van der Waals surface area contributed by atoms with Crippen molar-refractivity contribution < 1.29 is 9.53 Å². The highest BCUT2D eigenvalue weighted by Gasteiger charge is 2.60. The predicted octanol–water partition coefficient (Wildman–Crippen LogP) is 8.50. The van der Waals surface area contributed by atoms with Crippen molar-refractivity contribution in [1.29, 1.82) is 0 Å². The second-order valence-electron chi connectivity index (χ2n) is 14.9. The van der Waals surface area contributed by atoms with Gasteiger partial charge in [-0.25, -0.2) is 4.79 Å². The third-order valence-electron chi connectivity index (χ3n) is 12.3. The fourth-order valence-electron chi connectivity index (χ4n) is 10.4. The molecular formula is C34H54N2O2. The summed E-state index contributed by atoms with van der Waals surface area (Å²) < 4.78 is 6.04. The number of ether oxygens (including phenoxy) is 1. The molecule has 4 heteroatoms. The summed E-state index contributed by atoms with van der Waals surface area (Å²) >= 11 is 0. The topological polar surface area (TPSA) is 78.3 Å². The normalized spacial score (nSPS) is 39.2. The van der Waals surface area contributed by atoms with Crippen LogP contribution in [0.5, 0.6) is 0 Å². The van der Waals surface area contributed by atoms with Crippen LogP contribution in [0, 0.1) is 52.3 Å². The van der Waals surface area contributed by atoms with Gasteiger partial charge in [-0.15, -0.1) is 0 Å². The van der Waals surface area contributed by atoms with Crippen LogP contribution >= 0.6 is 0 Å². The zero-order valence-corrected chi connectivity index (χ0v) is 24.8. The molecule has 0 aromatic heterocycles. The molecule has 0 spiro atoms. The van der Waals surface area contributed by atoms with E-state index in [9.17, 15) is 4.79 Å². The molecule has 0 amide bonds. The number of nitrogens with two attached hydrogens (primary N) is 2. The number of benzene rings is 1. The smallest absolute Gasteiger partial charge is 0.338 e. The van der Waals surface area contributed by atoms with Gasteiger partial charge in [0.05, 0.1) is 5.56 Å². The van der Waals surface area contributed by atoms with Crippen molar-refractivity contribution in [3.8, 4) is 0 Å². The minimum Gasteiger partial charge on any atom is -0.459 e. The fraction of sp³-hybridized carbons (Fsp3) is 0.794. The number of rotatable bonds is 7. The number of anilines is 2. The second kappa shape index (κ2) is 10.7. The van der Waals surface area contributed by atoms with Gasteiger partial charge < -0.3 is 16.2 Å². The summed E-state index contributed by atoms with van der Waals surface area (Å²) in [5.74, 6) is 5.67.